The number of nitrogens with zero attached hydrogens (tertiary/aromatic N) is 1. The Hall–Kier alpha value is -0.450. The van der Waals surface area contributed by atoms with E-state index in [1.165, 1.54) is 12.8 Å². The van der Waals surface area contributed by atoms with Crippen molar-refractivity contribution in [3.8, 4) is 0 Å². The van der Waals surface area contributed by atoms with Gasteiger partial charge in [-0.25, -0.2) is 4.98 Å². The fourth-order valence-corrected chi connectivity index (χ4v) is 2.25. The third-order valence-electron chi connectivity index (χ3n) is 2.47. The summed E-state index contributed by atoms with van der Waals surface area (Å²) in [5.74, 6) is 6.31. The SMILES string of the molecule is Cc1nc(C(CCCC(C)C)NN)cs1. The Morgan fingerprint density at radius 2 is 2.20 bits per heavy atom. The lowest BCUT2D eigenvalue weighted by molar-refractivity contribution is 0.449. The molecule has 15 heavy (non-hydrogen) atoms. The van der Waals surface area contributed by atoms with Crippen molar-refractivity contribution in [2.45, 2.75) is 46.1 Å². The number of nitrogens with one attached hydrogen (secondary N) is 1. The van der Waals surface area contributed by atoms with Gasteiger partial charge in [-0.15, -0.1) is 11.3 Å². The van der Waals surface area contributed by atoms with Crippen molar-refractivity contribution in [1.29, 1.82) is 0 Å². The lowest BCUT2D eigenvalue weighted by atomic mass is 10.0. The standard InChI is InChI=1S/C11H21N3S/c1-8(2)5-4-6-10(14-12)11-7-15-9(3)13-11/h7-8,10,14H,4-6,12H2,1-3H3. The molecule has 0 bridgehead atoms. The summed E-state index contributed by atoms with van der Waals surface area (Å²) in [6.07, 6.45) is 3.52. The van der Waals surface area contributed by atoms with Crippen LogP contribution in [0.4, 0.5) is 0 Å². The molecule has 0 saturated heterocycles. The maximum atomic E-state index is 5.55. The fraction of sp³-hybridized carbons (Fsp3) is 0.727. The first kappa shape index (κ1) is 12.6. The molecule has 3 N–H and O–H groups in total. The maximum Gasteiger partial charge on any atom is 0.0898 e. The molecule has 4 heteroatoms. The van der Waals surface area contributed by atoms with Crippen LogP contribution in [-0.4, -0.2) is 4.98 Å². The molecule has 0 radical (unpaired) electrons. The summed E-state index contributed by atoms with van der Waals surface area (Å²) in [6.45, 7) is 6.52. The van der Waals surface area contributed by atoms with E-state index in [0.717, 1.165) is 23.0 Å². The Bertz CT molecular complexity index is 283. The van der Waals surface area contributed by atoms with E-state index in [2.05, 4.69) is 29.6 Å². The number of aryl methyl sites for hydroxylation is 1. The van der Waals surface area contributed by atoms with E-state index >= 15 is 0 Å². The fourth-order valence-electron chi connectivity index (χ4n) is 1.59. The van der Waals surface area contributed by atoms with Crippen LogP contribution in [0.1, 0.15) is 49.9 Å². The highest BCUT2D eigenvalue weighted by Crippen LogP contribution is 2.21. The molecule has 1 rings (SSSR count). The first-order chi connectivity index (χ1) is 7.13. The van der Waals surface area contributed by atoms with Crippen LogP contribution in [0.3, 0.4) is 0 Å². The van der Waals surface area contributed by atoms with Gasteiger partial charge in [-0.3, -0.25) is 11.3 Å². The molecule has 0 aliphatic heterocycles. The highest BCUT2D eigenvalue weighted by Gasteiger charge is 2.12. The summed E-state index contributed by atoms with van der Waals surface area (Å²) in [4.78, 5) is 4.46. The molecule has 0 amide bonds. The average Bonchev–Trinajstić information content (AvgIpc) is 2.59. The predicted molar refractivity (Wildman–Crippen MR) is 65.6 cm³/mol. The Labute approximate surface area is 96.1 Å². The number of hydrogen-bond acceptors (Lipinski definition) is 4. The number of nitrogens with two attached hydrogens (primary N) is 1. The van der Waals surface area contributed by atoms with E-state index in [0.29, 0.717) is 0 Å². The predicted octanol–water partition coefficient (Wildman–Crippen LogP) is 2.78. The molecule has 1 aromatic heterocycles. The number of thiazole rings is 1. The van der Waals surface area contributed by atoms with Gasteiger partial charge in [0.1, 0.15) is 0 Å². The van der Waals surface area contributed by atoms with E-state index < -0.39 is 0 Å². The van der Waals surface area contributed by atoms with E-state index in [9.17, 15) is 0 Å². The van der Waals surface area contributed by atoms with Crippen molar-refractivity contribution in [3.63, 3.8) is 0 Å². The summed E-state index contributed by atoms with van der Waals surface area (Å²) in [5.41, 5.74) is 3.94. The maximum absolute atomic E-state index is 5.55. The van der Waals surface area contributed by atoms with Crippen molar-refractivity contribution < 1.29 is 0 Å². The molecule has 1 atom stereocenters. The molecule has 1 heterocycles. The third kappa shape index (κ3) is 4.28. The molecule has 0 aliphatic carbocycles. The van der Waals surface area contributed by atoms with Crippen molar-refractivity contribution in [2.24, 2.45) is 11.8 Å². The minimum absolute atomic E-state index is 0.216. The highest BCUT2D eigenvalue weighted by molar-refractivity contribution is 7.09. The smallest absolute Gasteiger partial charge is 0.0898 e. The van der Waals surface area contributed by atoms with Crippen molar-refractivity contribution in [3.05, 3.63) is 16.1 Å². The zero-order valence-electron chi connectivity index (χ0n) is 9.79. The van der Waals surface area contributed by atoms with Gasteiger partial charge in [-0.05, 0) is 19.3 Å². The first-order valence-corrected chi connectivity index (χ1v) is 6.39. The molecule has 0 aliphatic rings. The van der Waals surface area contributed by atoms with Crippen molar-refractivity contribution in [1.82, 2.24) is 10.4 Å². The number of rotatable bonds is 6. The molecule has 0 saturated carbocycles. The second-order valence-corrected chi connectivity index (χ2v) is 5.40. The zero-order chi connectivity index (χ0) is 11.3. The van der Waals surface area contributed by atoms with Crippen LogP contribution in [0.5, 0.6) is 0 Å². The van der Waals surface area contributed by atoms with Crippen molar-refractivity contribution >= 4 is 11.3 Å². The number of hydrazine groups is 1. The van der Waals surface area contributed by atoms with Crippen LogP contribution in [0, 0.1) is 12.8 Å². The molecule has 86 valence electrons. The van der Waals surface area contributed by atoms with Gasteiger partial charge in [-0.1, -0.05) is 26.7 Å². The molecular weight excluding hydrogens is 206 g/mol. The molecular formula is C11H21N3S. The normalized spacial score (nSPS) is 13.4. The summed E-state index contributed by atoms with van der Waals surface area (Å²) in [6, 6.07) is 0.216. The van der Waals surface area contributed by atoms with Gasteiger partial charge in [-0.2, -0.15) is 0 Å². The van der Waals surface area contributed by atoms with Gasteiger partial charge in [0.25, 0.3) is 0 Å². The van der Waals surface area contributed by atoms with E-state index in [1.54, 1.807) is 11.3 Å². The van der Waals surface area contributed by atoms with Crippen molar-refractivity contribution in [2.75, 3.05) is 0 Å². The van der Waals surface area contributed by atoms with Crippen LogP contribution < -0.4 is 11.3 Å². The largest absolute Gasteiger partial charge is 0.271 e. The van der Waals surface area contributed by atoms with Gasteiger partial charge in [0.2, 0.25) is 0 Å². The van der Waals surface area contributed by atoms with Gasteiger partial charge >= 0.3 is 0 Å². The van der Waals surface area contributed by atoms with Crippen LogP contribution >= 0.6 is 11.3 Å². The second kappa shape index (κ2) is 6.20. The Kier molecular flexibility index (Phi) is 5.22. The highest BCUT2D eigenvalue weighted by atomic mass is 32.1. The summed E-state index contributed by atoms with van der Waals surface area (Å²) >= 11 is 1.68. The van der Waals surface area contributed by atoms with Gasteiger partial charge in [0.15, 0.2) is 0 Å². The Morgan fingerprint density at radius 3 is 2.67 bits per heavy atom. The zero-order valence-corrected chi connectivity index (χ0v) is 10.6. The monoisotopic (exact) mass is 227 g/mol. The summed E-state index contributed by atoms with van der Waals surface area (Å²) < 4.78 is 0. The average molecular weight is 227 g/mol. The van der Waals surface area contributed by atoms with Crippen LogP contribution in [0.25, 0.3) is 0 Å². The van der Waals surface area contributed by atoms with Gasteiger partial charge in [0, 0.05) is 5.38 Å². The number of aromatic nitrogens is 1. The summed E-state index contributed by atoms with van der Waals surface area (Å²) in [5, 5.41) is 3.20. The van der Waals surface area contributed by atoms with E-state index in [1.807, 2.05) is 6.92 Å². The quantitative estimate of drug-likeness (QED) is 0.580. The summed E-state index contributed by atoms with van der Waals surface area (Å²) in [7, 11) is 0. The van der Waals surface area contributed by atoms with E-state index in [4.69, 9.17) is 5.84 Å². The molecule has 1 unspecified atom stereocenters. The van der Waals surface area contributed by atoms with E-state index in [-0.39, 0.29) is 6.04 Å². The Morgan fingerprint density at radius 1 is 1.47 bits per heavy atom. The van der Waals surface area contributed by atoms with Crippen LogP contribution in [0.15, 0.2) is 5.38 Å². The molecule has 0 aromatic carbocycles. The topological polar surface area (TPSA) is 50.9 Å². The second-order valence-electron chi connectivity index (χ2n) is 4.34. The minimum atomic E-state index is 0.216. The molecule has 1 aromatic rings. The lowest BCUT2D eigenvalue weighted by Crippen LogP contribution is -2.28. The lowest BCUT2D eigenvalue weighted by Gasteiger charge is -2.13. The van der Waals surface area contributed by atoms with Gasteiger partial charge in [0.05, 0.1) is 16.7 Å². The molecule has 3 nitrogen and oxygen atoms in total. The molecule has 0 spiro atoms. The van der Waals surface area contributed by atoms with Crippen LogP contribution in [0.2, 0.25) is 0 Å². The molecule has 0 fully saturated rings. The van der Waals surface area contributed by atoms with Crippen LogP contribution in [-0.2, 0) is 0 Å². The van der Waals surface area contributed by atoms with Gasteiger partial charge < -0.3 is 0 Å². The third-order valence-corrected chi connectivity index (χ3v) is 3.26. The first-order valence-electron chi connectivity index (χ1n) is 5.51. The minimum Gasteiger partial charge on any atom is -0.271 e. The Balaban J connectivity index is 2.42. The number of hydrogen-bond donors (Lipinski definition) is 2.